The number of carbonyl (C=O) groups is 1. The first-order chi connectivity index (χ1) is 15.1. The van der Waals surface area contributed by atoms with Gasteiger partial charge in [0, 0.05) is 47.7 Å². The van der Waals surface area contributed by atoms with E-state index in [4.69, 9.17) is 11.5 Å². The van der Waals surface area contributed by atoms with Gasteiger partial charge in [-0.1, -0.05) is 24.3 Å². The molecule has 2 aromatic carbocycles. The Morgan fingerprint density at radius 2 is 1.58 bits per heavy atom. The lowest BCUT2D eigenvalue weighted by molar-refractivity contribution is 0.0715. The number of nitrogens with zero attached hydrogens (tertiary/aromatic N) is 4. The van der Waals surface area contributed by atoms with Crippen molar-refractivity contribution in [1.29, 1.82) is 0 Å². The highest BCUT2D eigenvalue weighted by Crippen LogP contribution is 2.25. The molecule has 2 aromatic heterocycles. The van der Waals surface area contributed by atoms with Gasteiger partial charge in [0.05, 0.1) is 23.8 Å². The molecule has 1 saturated heterocycles. The second kappa shape index (κ2) is 7.85. The Hall–Kier alpha value is -3.71. The van der Waals surface area contributed by atoms with Gasteiger partial charge in [0.2, 0.25) is 0 Å². The fourth-order valence-electron chi connectivity index (χ4n) is 3.97. The summed E-state index contributed by atoms with van der Waals surface area (Å²) in [7, 11) is 0. The highest BCUT2D eigenvalue weighted by Gasteiger charge is 2.21. The van der Waals surface area contributed by atoms with Crippen LogP contribution in [0.4, 0.5) is 5.69 Å². The summed E-state index contributed by atoms with van der Waals surface area (Å²) < 4.78 is 2.02. The van der Waals surface area contributed by atoms with Crippen molar-refractivity contribution in [2.45, 2.75) is 18.9 Å². The zero-order valence-corrected chi connectivity index (χ0v) is 17.1. The number of likely N-dealkylation sites (tertiary alicyclic amines) is 1. The first-order valence-corrected chi connectivity index (χ1v) is 10.4. The number of imidazole rings is 1. The van der Waals surface area contributed by atoms with Crippen LogP contribution in [0.5, 0.6) is 0 Å². The Labute approximate surface area is 180 Å². The van der Waals surface area contributed by atoms with Crippen LogP contribution < -0.4 is 11.5 Å². The van der Waals surface area contributed by atoms with E-state index in [0.29, 0.717) is 18.7 Å². The number of benzene rings is 2. The van der Waals surface area contributed by atoms with Gasteiger partial charge < -0.3 is 16.4 Å². The van der Waals surface area contributed by atoms with Gasteiger partial charge in [0.15, 0.2) is 5.65 Å². The first-order valence-electron chi connectivity index (χ1n) is 10.4. The molecule has 1 aliphatic rings. The Bertz CT molecular complexity index is 1220. The third-order valence-corrected chi connectivity index (χ3v) is 5.86. The number of hydrogen-bond acceptors (Lipinski definition) is 5. The maximum atomic E-state index is 12.8. The molecule has 156 valence electrons. The lowest BCUT2D eigenvalue weighted by atomic mass is 10.0. The summed E-state index contributed by atoms with van der Waals surface area (Å²) >= 11 is 0. The largest absolute Gasteiger partial charge is 0.399 e. The highest BCUT2D eigenvalue weighted by atomic mass is 16.2. The normalized spacial score (nSPS) is 14.8. The smallest absolute Gasteiger partial charge is 0.253 e. The molecule has 0 atom stereocenters. The maximum absolute atomic E-state index is 12.8. The van der Waals surface area contributed by atoms with Gasteiger partial charge in [-0.15, -0.1) is 0 Å². The first kappa shape index (κ1) is 19.3. The summed E-state index contributed by atoms with van der Waals surface area (Å²) in [6.45, 7) is 1.43. The predicted octanol–water partition coefficient (Wildman–Crippen LogP) is 3.21. The van der Waals surface area contributed by atoms with E-state index in [2.05, 4.69) is 9.97 Å². The minimum absolute atomic E-state index is 0.0575. The molecule has 31 heavy (non-hydrogen) atoms. The van der Waals surface area contributed by atoms with Crippen LogP contribution in [0.1, 0.15) is 23.2 Å². The van der Waals surface area contributed by atoms with Crippen molar-refractivity contribution in [2.24, 2.45) is 5.73 Å². The number of aromatic nitrogens is 3. The number of nitrogens with two attached hydrogens (primary N) is 2. The second-order valence-corrected chi connectivity index (χ2v) is 7.97. The third-order valence-electron chi connectivity index (χ3n) is 5.86. The molecule has 0 bridgehead atoms. The molecule has 0 spiro atoms. The zero-order chi connectivity index (χ0) is 21.4. The fourth-order valence-corrected chi connectivity index (χ4v) is 3.97. The van der Waals surface area contributed by atoms with Gasteiger partial charge in [-0.3, -0.25) is 14.2 Å². The summed E-state index contributed by atoms with van der Waals surface area (Å²) in [6.07, 6.45) is 7.27. The summed E-state index contributed by atoms with van der Waals surface area (Å²) in [4.78, 5) is 23.7. The maximum Gasteiger partial charge on any atom is 0.253 e. The van der Waals surface area contributed by atoms with Gasteiger partial charge >= 0.3 is 0 Å². The van der Waals surface area contributed by atoms with Gasteiger partial charge in [-0.25, -0.2) is 4.98 Å². The lowest BCUT2D eigenvalue weighted by Gasteiger charge is -2.30. The minimum atomic E-state index is 0.0575. The number of rotatable bonds is 3. The van der Waals surface area contributed by atoms with E-state index < -0.39 is 0 Å². The van der Waals surface area contributed by atoms with Crippen LogP contribution in [-0.2, 0) is 0 Å². The van der Waals surface area contributed by atoms with Crippen LogP contribution in [0.3, 0.4) is 0 Å². The molecule has 0 saturated carbocycles. The van der Waals surface area contributed by atoms with Crippen molar-refractivity contribution >= 4 is 17.2 Å². The summed E-state index contributed by atoms with van der Waals surface area (Å²) in [5.74, 6) is 0.0575. The molecule has 0 aliphatic carbocycles. The Morgan fingerprint density at radius 1 is 0.903 bits per heavy atom. The predicted molar refractivity (Wildman–Crippen MR) is 121 cm³/mol. The Kier molecular flexibility index (Phi) is 4.88. The number of hydrogen-bond donors (Lipinski definition) is 2. The summed E-state index contributed by atoms with van der Waals surface area (Å²) in [5.41, 5.74) is 17.7. The Morgan fingerprint density at radius 3 is 2.29 bits per heavy atom. The number of fused-ring (bicyclic) bond motifs is 1. The number of nitrogen functional groups attached to an aromatic ring is 1. The standard InChI is InChI=1S/C24H24N6O/c25-19-7-5-17(6-8-19)22-13-28-23-14-27-21(15-30(22)23)16-1-3-18(4-2-16)24(31)29-11-9-20(26)10-12-29/h1-8,13-15,20H,9-12,25-26H2. The summed E-state index contributed by atoms with van der Waals surface area (Å²) in [5, 5.41) is 0. The number of anilines is 1. The number of piperidine rings is 1. The van der Waals surface area contributed by atoms with Crippen LogP contribution >= 0.6 is 0 Å². The van der Waals surface area contributed by atoms with E-state index in [1.807, 2.05) is 70.2 Å². The molecule has 0 radical (unpaired) electrons. The Balaban J connectivity index is 1.42. The quantitative estimate of drug-likeness (QED) is 0.503. The molecule has 5 rings (SSSR count). The molecule has 1 amide bonds. The number of carbonyl (C=O) groups excluding carboxylic acids is 1. The van der Waals surface area contributed by atoms with E-state index >= 15 is 0 Å². The van der Waals surface area contributed by atoms with Crippen molar-refractivity contribution in [3.05, 3.63) is 72.7 Å². The third kappa shape index (κ3) is 3.75. The van der Waals surface area contributed by atoms with E-state index in [1.165, 1.54) is 0 Å². The van der Waals surface area contributed by atoms with Gasteiger partial charge in [-0.05, 0) is 37.1 Å². The molecule has 1 fully saturated rings. The van der Waals surface area contributed by atoms with E-state index in [-0.39, 0.29) is 11.9 Å². The van der Waals surface area contributed by atoms with Crippen LogP contribution in [0.25, 0.3) is 28.2 Å². The average molecular weight is 412 g/mol. The van der Waals surface area contributed by atoms with Crippen molar-refractivity contribution in [3.63, 3.8) is 0 Å². The topological polar surface area (TPSA) is 103 Å². The van der Waals surface area contributed by atoms with Crippen molar-refractivity contribution < 1.29 is 4.79 Å². The van der Waals surface area contributed by atoms with Gasteiger partial charge in [-0.2, -0.15) is 0 Å². The molecular formula is C24H24N6O. The minimum Gasteiger partial charge on any atom is -0.399 e. The van der Waals surface area contributed by atoms with Crippen molar-refractivity contribution in [1.82, 2.24) is 19.3 Å². The molecule has 4 N–H and O–H groups in total. The molecule has 7 heteroatoms. The van der Waals surface area contributed by atoms with Crippen LogP contribution in [0.15, 0.2) is 67.1 Å². The molecule has 7 nitrogen and oxygen atoms in total. The molecule has 0 unspecified atom stereocenters. The fraction of sp³-hybridized carbons (Fsp3) is 0.208. The van der Waals surface area contributed by atoms with Crippen molar-refractivity contribution in [3.8, 4) is 22.5 Å². The van der Waals surface area contributed by atoms with E-state index in [0.717, 1.165) is 46.7 Å². The summed E-state index contributed by atoms with van der Waals surface area (Å²) in [6, 6.07) is 15.5. The van der Waals surface area contributed by atoms with Crippen LogP contribution in [-0.4, -0.2) is 44.3 Å². The van der Waals surface area contributed by atoms with Crippen LogP contribution in [0, 0.1) is 0 Å². The second-order valence-electron chi connectivity index (χ2n) is 7.97. The monoisotopic (exact) mass is 412 g/mol. The lowest BCUT2D eigenvalue weighted by Crippen LogP contribution is -2.42. The van der Waals surface area contributed by atoms with Crippen LogP contribution in [0.2, 0.25) is 0 Å². The SMILES string of the molecule is Nc1ccc(-c2cnc3cnc(-c4ccc(C(=O)N5CCC(N)CC5)cc4)cn23)cc1. The van der Waals surface area contributed by atoms with E-state index in [1.54, 1.807) is 6.20 Å². The molecule has 4 aromatic rings. The van der Waals surface area contributed by atoms with Crippen molar-refractivity contribution in [2.75, 3.05) is 18.8 Å². The molecule has 1 aliphatic heterocycles. The van der Waals surface area contributed by atoms with Gasteiger partial charge in [0.1, 0.15) is 0 Å². The average Bonchev–Trinajstić information content (AvgIpc) is 3.23. The highest BCUT2D eigenvalue weighted by molar-refractivity contribution is 5.94. The van der Waals surface area contributed by atoms with Gasteiger partial charge in [0.25, 0.3) is 5.91 Å². The zero-order valence-electron chi connectivity index (χ0n) is 17.1. The molecular weight excluding hydrogens is 388 g/mol. The number of amides is 1. The molecule has 3 heterocycles. The van der Waals surface area contributed by atoms with E-state index in [9.17, 15) is 4.79 Å².